The molecule has 0 amide bonds. The molecule has 2 bridgehead atoms. The van der Waals surface area contributed by atoms with E-state index in [2.05, 4.69) is 6.58 Å². The lowest BCUT2D eigenvalue weighted by atomic mass is 9.49. The number of esters is 4. The van der Waals surface area contributed by atoms with E-state index < -0.39 is 77.1 Å². The molecule has 0 radical (unpaired) electrons. The van der Waals surface area contributed by atoms with Gasteiger partial charge >= 0.3 is 23.9 Å². The van der Waals surface area contributed by atoms with Crippen molar-refractivity contribution in [2.24, 2.45) is 22.7 Å². The number of fused-ring (bicyclic) bond motifs is 3. The average molecular weight is 654 g/mol. The van der Waals surface area contributed by atoms with E-state index in [4.69, 9.17) is 18.9 Å². The molecule has 0 spiro atoms. The van der Waals surface area contributed by atoms with Crippen molar-refractivity contribution >= 4 is 23.9 Å². The summed E-state index contributed by atoms with van der Waals surface area (Å²) in [4.78, 5) is 53.1. The number of rotatable bonds is 8. The molecule has 47 heavy (non-hydrogen) atoms. The van der Waals surface area contributed by atoms with Gasteiger partial charge in [0.05, 0.1) is 12.5 Å². The van der Waals surface area contributed by atoms with Crippen molar-refractivity contribution in [3.8, 4) is 0 Å². The van der Waals surface area contributed by atoms with Gasteiger partial charge in [0.25, 0.3) is 0 Å². The minimum absolute atomic E-state index is 0.114. The normalized spacial score (nSPS) is 32.3. The molecule has 2 saturated carbocycles. The van der Waals surface area contributed by atoms with Crippen LogP contribution in [0.5, 0.6) is 0 Å². The molecular formula is C37H51NO9. The standard InChI is InChI=1S/C37H51NO9/c1-20-28(47-30(42)19-27(38(9)10)25-14-12-11-13-15-25)16-17-37(8)31(20)33(43)26-18-29(44-22(3)39)21(2)32(36(26,6)7)34(45-23(4)40)35(37)46-24(5)41/h11-15,26-29,31,33-35,43H,1,16-19H2,2-10H3/t26-,27+,28-,29-,31-,33+,34+,35-,37+/m0/s1. The molecule has 2 fully saturated rings. The van der Waals surface area contributed by atoms with Gasteiger partial charge in [0, 0.05) is 38.1 Å². The Morgan fingerprint density at radius 2 is 1.53 bits per heavy atom. The van der Waals surface area contributed by atoms with Crippen LogP contribution in [0.1, 0.15) is 85.8 Å². The summed E-state index contributed by atoms with van der Waals surface area (Å²) in [6.07, 6.45) is -3.31. The van der Waals surface area contributed by atoms with Gasteiger partial charge in [0.1, 0.15) is 18.3 Å². The number of aliphatic hydroxyl groups excluding tert-OH is 1. The summed E-state index contributed by atoms with van der Waals surface area (Å²) in [5, 5.41) is 12.4. The monoisotopic (exact) mass is 653 g/mol. The van der Waals surface area contributed by atoms with Crippen molar-refractivity contribution in [1.29, 1.82) is 0 Å². The predicted octanol–water partition coefficient (Wildman–Crippen LogP) is 5.10. The van der Waals surface area contributed by atoms with Gasteiger partial charge in [-0.2, -0.15) is 0 Å². The average Bonchev–Trinajstić information content (AvgIpc) is 2.96. The van der Waals surface area contributed by atoms with Crippen molar-refractivity contribution in [3.05, 3.63) is 59.2 Å². The van der Waals surface area contributed by atoms with E-state index in [1.54, 1.807) is 0 Å². The van der Waals surface area contributed by atoms with Gasteiger partial charge < -0.3 is 29.0 Å². The second kappa shape index (κ2) is 13.9. The molecule has 0 aromatic heterocycles. The number of benzene rings is 1. The molecule has 1 N–H and O–H groups in total. The Hall–Kier alpha value is -3.50. The SMILES string of the molecule is C=C1[C@@H](OC(=O)C[C@H](c2ccccc2)N(C)C)CC[C@@]2(C)[C@@H](OC(C)=O)[C@H](OC(C)=O)C3=C(C)[C@@H](OC(C)=O)C[C@@H]([C@@H](O)[C@H]12)C3(C)C. The van der Waals surface area contributed by atoms with E-state index in [0.29, 0.717) is 36.0 Å². The van der Waals surface area contributed by atoms with Gasteiger partial charge in [-0.25, -0.2) is 0 Å². The zero-order chi connectivity index (χ0) is 35.0. The van der Waals surface area contributed by atoms with Crippen LogP contribution in [-0.2, 0) is 38.1 Å². The Balaban J connectivity index is 1.78. The summed E-state index contributed by atoms with van der Waals surface area (Å²) < 4.78 is 24.0. The summed E-state index contributed by atoms with van der Waals surface area (Å²) in [6.45, 7) is 16.0. The lowest BCUT2D eigenvalue weighted by Crippen LogP contribution is -2.63. The fourth-order valence-electron chi connectivity index (χ4n) is 8.59. The Morgan fingerprint density at radius 1 is 0.936 bits per heavy atom. The molecule has 9 atom stereocenters. The molecule has 0 saturated heterocycles. The number of nitrogens with zero attached hydrogens (tertiary/aromatic N) is 1. The second-order valence-electron chi connectivity index (χ2n) is 14.5. The van der Waals surface area contributed by atoms with Crippen LogP contribution in [-0.4, -0.2) is 78.5 Å². The lowest BCUT2D eigenvalue weighted by molar-refractivity contribution is -0.198. The second-order valence-corrected chi connectivity index (χ2v) is 14.5. The van der Waals surface area contributed by atoms with Crippen LogP contribution in [0.4, 0.5) is 0 Å². The van der Waals surface area contributed by atoms with Crippen LogP contribution >= 0.6 is 0 Å². The first kappa shape index (κ1) is 36.3. The molecule has 3 aliphatic carbocycles. The fourth-order valence-corrected chi connectivity index (χ4v) is 8.59. The van der Waals surface area contributed by atoms with E-state index in [0.717, 1.165) is 5.56 Å². The molecule has 3 aliphatic rings. The van der Waals surface area contributed by atoms with Crippen molar-refractivity contribution < 1.29 is 43.2 Å². The van der Waals surface area contributed by atoms with Crippen molar-refractivity contribution in [3.63, 3.8) is 0 Å². The summed E-state index contributed by atoms with van der Waals surface area (Å²) >= 11 is 0. The number of hydrogen-bond donors (Lipinski definition) is 1. The van der Waals surface area contributed by atoms with Crippen LogP contribution in [0.15, 0.2) is 53.6 Å². The van der Waals surface area contributed by atoms with E-state index in [-0.39, 0.29) is 12.5 Å². The summed E-state index contributed by atoms with van der Waals surface area (Å²) in [5.41, 5.74) is 1.12. The molecule has 258 valence electrons. The Bertz CT molecular complexity index is 1420. The van der Waals surface area contributed by atoms with Crippen LogP contribution in [0.25, 0.3) is 0 Å². The first-order chi connectivity index (χ1) is 21.9. The van der Waals surface area contributed by atoms with E-state index in [9.17, 15) is 24.3 Å². The maximum absolute atomic E-state index is 13.5. The van der Waals surface area contributed by atoms with Gasteiger partial charge in [-0.3, -0.25) is 19.2 Å². The molecule has 1 aromatic rings. The summed E-state index contributed by atoms with van der Waals surface area (Å²) in [6, 6.07) is 9.53. The minimum Gasteiger partial charge on any atom is -0.458 e. The van der Waals surface area contributed by atoms with E-state index in [1.807, 2.05) is 77.0 Å². The highest BCUT2D eigenvalue weighted by Crippen LogP contribution is 2.60. The topological polar surface area (TPSA) is 129 Å². The first-order valence-corrected chi connectivity index (χ1v) is 16.4. The largest absolute Gasteiger partial charge is 0.458 e. The Morgan fingerprint density at radius 3 is 2.09 bits per heavy atom. The number of hydrogen-bond acceptors (Lipinski definition) is 10. The maximum atomic E-state index is 13.5. The number of ether oxygens (including phenoxy) is 4. The van der Waals surface area contributed by atoms with Gasteiger partial charge in [-0.15, -0.1) is 0 Å². The smallest absolute Gasteiger partial charge is 0.308 e. The van der Waals surface area contributed by atoms with Gasteiger partial charge in [0.2, 0.25) is 0 Å². The molecule has 10 heteroatoms. The highest BCUT2D eigenvalue weighted by molar-refractivity contribution is 5.71. The quantitative estimate of drug-likeness (QED) is 0.230. The predicted molar refractivity (Wildman–Crippen MR) is 175 cm³/mol. The minimum atomic E-state index is -1.06. The highest BCUT2D eigenvalue weighted by atomic mass is 16.6. The Labute approximate surface area is 278 Å². The van der Waals surface area contributed by atoms with Crippen LogP contribution in [0.3, 0.4) is 0 Å². The number of carbonyl (C=O) groups excluding carboxylic acids is 4. The highest BCUT2D eigenvalue weighted by Gasteiger charge is 2.63. The molecule has 0 heterocycles. The van der Waals surface area contributed by atoms with E-state index in [1.165, 1.54) is 20.8 Å². The van der Waals surface area contributed by atoms with Gasteiger partial charge in [0.15, 0.2) is 6.10 Å². The summed E-state index contributed by atoms with van der Waals surface area (Å²) in [7, 11) is 3.82. The molecular weight excluding hydrogens is 602 g/mol. The van der Waals surface area contributed by atoms with Crippen molar-refractivity contribution in [2.75, 3.05) is 14.1 Å². The maximum Gasteiger partial charge on any atom is 0.308 e. The molecule has 4 rings (SSSR count). The van der Waals surface area contributed by atoms with Crippen molar-refractivity contribution in [1.82, 2.24) is 4.90 Å². The Kier molecular flexibility index (Phi) is 10.8. The van der Waals surface area contributed by atoms with Gasteiger partial charge in [-0.05, 0) is 73.9 Å². The van der Waals surface area contributed by atoms with E-state index >= 15 is 0 Å². The lowest BCUT2D eigenvalue weighted by Gasteiger charge is -2.59. The molecule has 0 aliphatic heterocycles. The molecule has 10 nitrogen and oxygen atoms in total. The molecule has 0 unspecified atom stereocenters. The van der Waals surface area contributed by atoms with Crippen LogP contribution in [0.2, 0.25) is 0 Å². The van der Waals surface area contributed by atoms with Crippen LogP contribution < -0.4 is 0 Å². The summed E-state index contributed by atoms with van der Waals surface area (Å²) in [5.74, 6) is -3.22. The number of aliphatic hydroxyl groups is 1. The molecule has 1 aromatic carbocycles. The number of carbonyl (C=O) groups is 4. The fraction of sp³-hybridized carbons (Fsp3) is 0.622. The first-order valence-electron chi connectivity index (χ1n) is 16.4. The third kappa shape index (κ3) is 7.18. The zero-order valence-corrected chi connectivity index (χ0v) is 29.2. The third-order valence-electron chi connectivity index (χ3n) is 10.8. The van der Waals surface area contributed by atoms with Crippen molar-refractivity contribution in [2.45, 2.75) is 111 Å². The third-order valence-corrected chi connectivity index (χ3v) is 10.8. The van der Waals surface area contributed by atoms with Crippen LogP contribution in [0, 0.1) is 22.7 Å². The van der Waals surface area contributed by atoms with Gasteiger partial charge in [-0.1, -0.05) is 57.7 Å². The zero-order valence-electron chi connectivity index (χ0n) is 29.2.